The highest BCUT2D eigenvalue weighted by Gasteiger charge is 2.35. The molecule has 164 valence electrons. The lowest BCUT2D eigenvalue weighted by molar-refractivity contribution is -0.126. The first-order valence-corrected chi connectivity index (χ1v) is 10.2. The Bertz CT molecular complexity index is 956. The monoisotopic (exact) mass is 424 g/mol. The zero-order valence-electron chi connectivity index (χ0n) is 18.0. The van der Waals surface area contributed by atoms with Crippen molar-refractivity contribution in [1.29, 1.82) is 0 Å². The maximum atomic E-state index is 12.5. The van der Waals surface area contributed by atoms with E-state index in [0.717, 1.165) is 11.1 Å². The van der Waals surface area contributed by atoms with Gasteiger partial charge in [-0.05, 0) is 55.3 Å². The van der Waals surface area contributed by atoms with Crippen molar-refractivity contribution in [2.24, 2.45) is 5.92 Å². The summed E-state index contributed by atoms with van der Waals surface area (Å²) in [4.78, 5) is 38.7. The van der Waals surface area contributed by atoms with E-state index in [1.54, 1.807) is 36.3 Å². The molecule has 3 rings (SSSR count). The van der Waals surface area contributed by atoms with Gasteiger partial charge in [0, 0.05) is 43.7 Å². The summed E-state index contributed by atoms with van der Waals surface area (Å²) in [6.07, 6.45) is 0.156. The second-order valence-corrected chi connectivity index (χ2v) is 7.70. The zero-order chi connectivity index (χ0) is 22.4. The van der Waals surface area contributed by atoms with Gasteiger partial charge in [-0.1, -0.05) is 12.1 Å². The number of nitrogens with zero attached hydrogens (tertiary/aromatic N) is 1. The van der Waals surface area contributed by atoms with Crippen LogP contribution in [0.15, 0.2) is 42.5 Å². The largest absolute Gasteiger partial charge is 0.383 e. The minimum atomic E-state index is -0.408. The van der Waals surface area contributed by atoms with Gasteiger partial charge < -0.3 is 25.6 Å². The fourth-order valence-electron chi connectivity index (χ4n) is 3.65. The Balaban J connectivity index is 1.62. The molecule has 1 aliphatic rings. The van der Waals surface area contributed by atoms with Crippen LogP contribution >= 0.6 is 0 Å². The highest BCUT2D eigenvalue weighted by atomic mass is 16.5. The Kier molecular flexibility index (Phi) is 7.25. The van der Waals surface area contributed by atoms with Crippen molar-refractivity contribution in [1.82, 2.24) is 5.32 Å². The molecule has 2 aromatic carbocycles. The van der Waals surface area contributed by atoms with Crippen LogP contribution < -0.4 is 20.9 Å². The molecule has 1 saturated heterocycles. The van der Waals surface area contributed by atoms with E-state index in [4.69, 9.17) is 4.74 Å². The summed E-state index contributed by atoms with van der Waals surface area (Å²) in [7, 11) is 1.57. The molecule has 0 bridgehead atoms. The molecule has 8 nitrogen and oxygen atoms in total. The Morgan fingerprint density at radius 2 is 1.77 bits per heavy atom. The van der Waals surface area contributed by atoms with Crippen molar-refractivity contribution in [2.45, 2.75) is 20.3 Å². The number of aryl methyl sites for hydroxylation is 2. The minimum absolute atomic E-state index is 0.122. The lowest BCUT2D eigenvalue weighted by Gasteiger charge is -2.18. The van der Waals surface area contributed by atoms with Crippen LogP contribution in [-0.4, -0.2) is 44.7 Å². The van der Waals surface area contributed by atoms with Crippen molar-refractivity contribution >= 4 is 34.9 Å². The first-order chi connectivity index (χ1) is 14.9. The van der Waals surface area contributed by atoms with Crippen LogP contribution in [0.2, 0.25) is 0 Å². The normalized spacial score (nSPS) is 15.6. The van der Waals surface area contributed by atoms with Gasteiger partial charge in [0.15, 0.2) is 0 Å². The average molecular weight is 425 g/mol. The molecule has 0 aromatic heterocycles. The molecule has 1 fully saturated rings. The summed E-state index contributed by atoms with van der Waals surface area (Å²) in [5, 5.41) is 8.40. The van der Waals surface area contributed by atoms with Gasteiger partial charge in [-0.25, -0.2) is 4.79 Å². The van der Waals surface area contributed by atoms with Gasteiger partial charge in [-0.2, -0.15) is 0 Å². The summed E-state index contributed by atoms with van der Waals surface area (Å²) in [5.74, 6) is -0.687. The van der Waals surface area contributed by atoms with Crippen molar-refractivity contribution < 1.29 is 19.1 Å². The second kappa shape index (κ2) is 10.1. The van der Waals surface area contributed by atoms with Gasteiger partial charge >= 0.3 is 6.03 Å². The van der Waals surface area contributed by atoms with Crippen LogP contribution in [0.1, 0.15) is 17.5 Å². The third-order valence-corrected chi connectivity index (χ3v) is 5.00. The number of ether oxygens (including phenoxy) is 1. The van der Waals surface area contributed by atoms with E-state index in [2.05, 4.69) is 16.0 Å². The number of carbonyl (C=O) groups is 3. The Morgan fingerprint density at radius 1 is 1.06 bits per heavy atom. The van der Waals surface area contributed by atoms with E-state index in [-0.39, 0.29) is 24.3 Å². The standard InChI is InChI=1S/C23H28N4O4/c1-15-9-16(2)11-19(10-15)26-23(30)25-18-5-4-6-20(13-18)27-14-17(12-21(27)28)22(29)24-7-8-31-3/h4-6,9-11,13,17H,7-8,12,14H2,1-3H3,(H,24,29)(H2,25,26,30). The highest BCUT2D eigenvalue weighted by molar-refractivity contribution is 6.02. The number of methoxy groups -OCH3 is 1. The number of hydrogen-bond acceptors (Lipinski definition) is 4. The van der Waals surface area contributed by atoms with E-state index in [9.17, 15) is 14.4 Å². The molecule has 0 radical (unpaired) electrons. The molecule has 0 saturated carbocycles. The molecule has 31 heavy (non-hydrogen) atoms. The molecule has 1 atom stereocenters. The quantitative estimate of drug-likeness (QED) is 0.595. The molecule has 1 unspecified atom stereocenters. The predicted octanol–water partition coefficient (Wildman–Crippen LogP) is 3.06. The van der Waals surface area contributed by atoms with Crippen LogP contribution in [-0.2, 0) is 14.3 Å². The van der Waals surface area contributed by atoms with Gasteiger partial charge in [-0.3, -0.25) is 9.59 Å². The van der Waals surface area contributed by atoms with Gasteiger partial charge in [-0.15, -0.1) is 0 Å². The third-order valence-electron chi connectivity index (χ3n) is 5.00. The van der Waals surface area contributed by atoms with Crippen LogP contribution in [0.25, 0.3) is 0 Å². The van der Waals surface area contributed by atoms with Gasteiger partial charge in [0.2, 0.25) is 11.8 Å². The van der Waals surface area contributed by atoms with Crippen molar-refractivity contribution in [3.63, 3.8) is 0 Å². The number of anilines is 3. The molecule has 1 heterocycles. The predicted molar refractivity (Wildman–Crippen MR) is 120 cm³/mol. The number of hydrogen-bond donors (Lipinski definition) is 3. The number of nitrogens with one attached hydrogen (secondary N) is 3. The number of carbonyl (C=O) groups excluding carboxylic acids is 3. The minimum Gasteiger partial charge on any atom is -0.383 e. The fourth-order valence-corrected chi connectivity index (χ4v) is 3.65. The van der Waals surface area contributed by atoms with Crippen molar-refractivity contribution in [3.05, 3.63) is 53.6 Å². The molecule has 8 heteroatoms. The van der Waals surface area contributed by atoms with E-state index in [0.29, 0.717) is 36.8 Å². The van der Waals surface area contributed by atoms with E-state index >= 15 is 0 Å². The summed E-state index contributed by atoms with van der Waals surface area (Å²) >= 11 is 0. The summed E-state index contributed by atoms with van der Waals surface area (Å²) in [6, 6.07) is 12.5. The molecular formula is C23H28N4O4. The maximum absolute atomic E-state index is 12.5. The fraction of sp³-hybridized carbons (Fsp3) is 0.348. The zero-order valence-corrected chi connectivity index (χ0v) is 18.0. The van der Waals surface area contributed by atoms with Gasteiger partial charge in [0.1, 0.15) is 0 Å². The van der Waals surface area contributed by atoms with Crippen molar-refractivity contribution in [3.8, 4) is 0 Å². The summed E-state index contributed by atoms with van der Waals surface area (Å²) in [6.45, 7) is 5.08. The maximum Gasteiger partial charge on any atom is 0.323 e. The van der Waals surface area contributed by atoms with E-state index < -0.39 is 5.92 Å². The Morgan fingerprint density at radius 3 is 2.48 bits per heavy atom. The molecule has 0 aliphatic carbocycles. The van der Waals surface area contributed by atoms with E-state index in [1.807, 2.05) is 32.0 Å². The lowest BCUT2D eigenvalue weighted by Crippen LogP contribution is -2.34. The lowest BCUT2D eigenvalue weighted by atomic mass is 10.1. The number of amides is 4. The summed E-state index contributed by atoms with van der Waals surface area (Å²) < 4.78 is 4.93. The van der Waals surface area contributed by atoms with Crippen LogP contribution in [0.3, 0.4) is 0 Å². The van der Waals surface area contributed by atoms with Crippen LogP contribution in [0.4, 0.5) is 21.9 Å². The Labute approximate surface area is 182 Å². The first-order valence-electron chi connectivity index (χ1n) is 10.2. The molecule has 4 amide bonds. The SMILES string of the molecule is COCCNC(=O)C1CC(=O)N(c2cccc(NC(=O)Nc3cc(C)cc(C)c3)c2)C1. The van der Waals surface area contributed by atoms with Crippen molar-refractivity contribution in [2.75, 3.05) is 42.3 Å². The molecule has 3 N–H and O–H groups in total. The number of rotatable bonds is 7. The molecule has 0 spiro atoms. The van der Waals surface area contributed by atoms with Gasteiger partial charge in [0.25, 0.3) is 0 Å². The Hall–Kier alpha value is -3.39. The molecular weight excluding hydrogens is 396 g/mol. The van der Waals surface area contributed by atoms with Gasteiger partial charge in [0.05, 0.1) is 12.5 Å². The second-order valence-electron chi connectivity index (χ2n) is 7.70. The third kappa shape index (κ3) is 6.05. The molecule has 1 aliphatic heterocycles. The number of benzene rings is 2. The van der Waals surface area contributed by atoms with E-state index in [1.165, 1.54) is 0 Å². The van der Waals surface area contributed by atoms with Crippen LogP contribution in [0.5, 0.6) is 0 Å². The number of urea groups is 1. The topological polar surface area (TPSA) is 99.8 Å². The average Bonchev–Trinajstić information content (AvgIpc) is 3.09. The first kappa shape index (κ1) is 22.3. The summed E-state index contributed by atoms with van der Waals surface area (Å²) in [5.41, 5.74) is 4.03. The highest BCUT2D eigenvalue weighted by Crippen LogP contribution is 2.27. The smallest absolute Gasteiger partial charge is 0.323 e. The van der Waals surface area contributed by atoms with Crippen LogP contribution in [0, 0.1) is 19.8 Å². The molecule has 2 aromatic rings.